The van der Waals surface area contributed by atoms with Gasteiger partial charge in [0.05, 0.1) is 4.92 Å². The summed E-state index contributed by atoms with van der Waals surface area (Å²) in [7, 11) is 0. The summed E-state index contributed by atoms with van der Waals surface area (Å²) < 4.78 is 4.72. The van der Waals surface area contributed by atoms with E-state index in [9.17, 15) is 19.7 Å². The maximum Gasteiger partial charge on any atom is 0.345 e. The van der Waals surface area contributed by atoms with Crippen LogP contribution in [0.15, 0.2) is 24.3 Å². The minimum absolute atomic E-state index is 0.171. The number of amides is 1. The second kappa shape index (κ2) is 7.10. The number of nitrogens with one attached hydrogen (secondary N) is 1. The number of para-hydroxylation sites is 1. The Balaban J connectivity index is 2.64. The van der Waals surface area contributed by atoms with Gasteiger partial charge in [-0.15, -0.1) is 0 Å². The molecule has 0 spiro atoms. The fraction of sp³-hybridized carbons (Fsp3) is 0.333. The minimum Gasteiger partial charge on any atom is -0.452 e. The van der Waals surface area contributed by atoms with Crippen molar-refractivity contribution < 1.29 is 19.2 Å². The van der Waals surface area contributed by atoms with E-state index >= 15 is 0 Å². The van der Waals surface area contributed by atoms with Crippen LogP contribution in [0.4, 0.5) is 5.69 Å². The molecule has 0 aliphatic carbocycles. The number of ether oxygens (including phenoxy) is 1. The molecule has 1 rings (SSSR count). The number of carbonyl (C=O) groups excluding carboxylic acids is 2. The third-order valence-electron chi connectivity index (χ3n) is 2.23. The monoisotopic (exact) mass is 266 g/mol. The molecule has 0 radical (unpaired) electrons. The average molecular weight is 266 g/mol. The molecule has 1 amide bonds. The molecule has 7 nitrogen and oxygen atoms in total. The van der Waals surface area contributed by atoms with E-state index in [0.717, 1.165) is 6.42 Å². The van der Waals surface area contributed by atoms with Gasteiger partial charge in [0.2, 0.25) is 0 Å². The Labute approximate surface area is 109 Å². The summed E-state index contributed by atoms with van der Waals surface area (Å²) in [6.07, 6.45) is 0.768. The zero-order valence-electron chi connectivity index (χ0n) is 10.4. The molecule has 0 aromatic heterocycles. The predicted molar refractivity (Wildman–Crippen MR) is 66.7 cm³/mol. The standard InChI is InChI=1S/C12H14N2O5/c1-2-7-13-11(15)8-19-12(16)9-5-3-4-6-10(9)14(17)18/h3-6H,2,7-8H2,1H3,(H,13,15). The first-order chi connectivity index (χ1) is 9.06. The molecule has 0 fully saturated rings. The van der Waals surface area contributed by atoms with E-state index in [1.54, 1.807) is 0 Å². The van der Waals surface area contributed by atoms with Crippen molar-refractivity contribution in [3.05, 3.63) is 39.9 Å². The number of rotatable bonds is 6. The van der Waals surface area contributed by atoms with E-state index in [4.69, 9.17) is 4.74 Å². The van der Waals surface area contributed by atoms with Crippen molar-refractivity contribution >= 4 is 17.6 Å². The van der Waals surface area contributed by atoms with Crippen LogP contribution in [0.5, 0.6) is 0 Å². The lowest BCUT2D eigenvalue weighted by Gasteiger charge is -2.05. The fourth-order valence-corrected chi connectivity index (χ4v) is 1.33. The maximum absolute atomic E-state index is 11.6. The van der Waals surface area contributed by atoms with Crippen LogP contribution < -0.4 is 5.32 Å². The van der Waals surface area contributed by atoms with Crippen molar-refractivity contribution in [1.29, 1.82) is 0 Å². The van der Waals surface area contributed by atoms with Crippen LogP contribution >= 0.6 is 0 Å². The van der Waals surface area contributed by atoms with Crippen molar-refractivity contribution in [2.45, 2.75) is 13.3 Å². The third kappa shape index (κ3) is 4.38. The Bertz CT molecular complexity index is 487. The summed E-state index contributed by atoms with van der Waals surface area (Å²) in [6, 6.07) is 5.42. The topological polar surface area (TPSA) is 98.5 Å². The normalized spacial score (nSPS) is 9.74. The van der Waals surface area contributed by atoms with Crippen molar-refractivity contribution in [2.75, 3.05) is 13.2 Å². The maximum atomic E-state index is 11.6. The first-order valence-electron chi connectivity index (χ1n) is 5.73. The second-order valence-electron chi connectivity index (χ2n) is 3.70. The van der Waals surface area contributed by atoms with Gasteiger partial charge in [0.15, 0.2) is 6.61 Å². The van der Waals surface area contributed by atoms with Crippen molar-refractivity contribution in [3.8, 4) is 0 Å². The van der Waals surface area contributed by atoms with Gasteiger partial charge in [-0.1, -0.05) is 19.1 Å². The second-order valence-corrected chi connectivity index (χ2v) is 3.70. The number of esters is 1. The van der Waals surface area contributed by atoms with Crippen molar-refractivity contribution in [3.63, 3.8) is 0 Å². The van der Waals surface area contributed by atoms with Gasteiger partial charge in [0, 0.05) is 12.6 Å². The van der Waals surface area contributed by atoms with Gasteiger partial charge in [-0.2, -0.15) is 0 Å². The highest BCUT2D eigenvalue weighted by Gasteiger charge is 2.20. The van der Waals surface area contributed by atoms with Gasteiger partial charge >= 0.3 is 5.97 Å². The molecule has 0 aliphatic rings. The molecule has 0 saturated carbocycles. The van der Waals surface area contributed by atoms with Crippen LogP contribution in [-0.4, -0.2) is 30.0 Å². The zero-order chi connectivity index (χ0) is 14.3. The van der Waals surface area contributed by atoms with Crippen LogP contribution in [-0.2, 0) is 9.53 Å². The Kier molecular flexibility index (Phi) is 5.46. The summed E-state index contributed by atoms with van der Waals surface area (Å²) in [5, 5.41) is 13.3. The van der Waals surface area contributed by atoms with E-state index in [0.29, 0.717) is 6.54 Å². The summed E-state index contributed by atoms with van der Waals surface area (Å²) in [5.74, 6) is -1.33. The smallest absolute Gasteiger partial charge is 0.345 e. The van der Waals surface area contributed by atoms with Gasteiger partial charge < -0.3 is 10.1 Å². The molecule has 0 aliphatic heterocycles. The van der Waals surface area contributed by atoms with E-state index < -0.39 is 23.4 Å². The highest BCUT2D eigenvalue weighted by molar-refractivity contribution is 5.95. The van der Waals surface area contributed by atoms with Crippen molar-refractivity contribution in [2.24, 2.45) is 0 Å². The number of nitro benzene ring substituents is 1. The van der Waals surface area contributed by atoms with E-state index in [1.165, 1.54) is 24.3 Å². The third-order valence-corrected chi connectivity index (χ3v) is 2.23. The fourth-order valence-electron chi connectivity index (χ4n) is 1.33. The molecule has 0 unspecified atom stereocenters. The molecule has 0 saturated heterocycles. The van der Waals surface area contributed by atoms with E-state index in [1.807, 2.05) is 6.92 Å². The quantitative estimate of drug-likeness (QED) is 0.475. The number of hydrogen-bond acceptors (Lipinski definition) is 5. The van der Waals surface area contributed by atoms with E-state index in [2.05, 4.69) is 5.32 Å². The first kappa shape index (κ1) is 14.6. The average Bonchev–Trinajstić information content (AvgIpc) is 2.42. The van der Waals surface area contributed by atoms with Gasteiger partial charge in [-0.05, 0) is 12.5 Å². The molecule has 1 N–H and O–H groups in total. The molecular weight excluding hydrogens is 252 g/mol. The van der Waals surface area contributed by atoms with Crippen LogP contribution in [0.3, 0.4) is 0 Å². The first-order valence-corrected chi connectivity index (χ1v) is 5.73. The largest absolute Gasteiger partial charge is 0.452 e. The number of hydrogen-bond donors (Lipinski definition) is 1. The summed E-state index contributed by atoms with van der Waals surface area (Å²) >= 11 is 0. The Morgan fingerprint density at radius 3 is 2.68 bits per heavy atom. The molecule has 19 heavy (non-hydrogen) atoms. The summed E-state index contributed by atoms with van der Waals surface area (Å²) in [6.45, 7) is 1.92. The molecule has 0 bridgehead atoms. The number of nitrogens with zero attached hydrogens (tertiary/aromatic N) is 1. The Morgan fingerprint density at radius 1 is 1.37 bits per heavy atom. The molecule has 0 atom stereocenters. The lowest BCUT2D eigenvalue weighted by molar-refractivity contribution is -0.385. The molecule has 1 aromatic rings. The van der Waals surface area contributed by atoms with Crippen LogP contribution in [0, 0.1) is 10.1 Å². The Morgan fingerprint density at radius 2 is 2.05 bits per heavy atom. The highest BCUT2D eigenvalue weighted by Crippen LogP contribution is 2.18. The molecule has 7 heteroatoms. The molecule has 102 valence electrons. The van der Waals surface area contributed by atoms with E-state index in [-0.39, 0.29) is 11.3 Å². The number of nitro groups is 1. The van der Waals surface area contributed by atoms with Crippen LogP contribution in [0.2, 0.25) is 0 Å². The van der Waals surface area contributed by atoms with Crippen molar-refractivity contribution in [1.82, 2.24) is 5.32 Å². The minimum atomic E-state index is -0.890. The van der Waals surface area contributed by atoms with Gasteiger partial charge in [-0.3, -0.25) is 14.9 Å². The highest BCUT2D eigenvalue weighted by atomic mass is 16.6. The zero-order valence-corrected chi connectivity index (χ0v) is 10.4. The molecular formula is C12H14N2O5. The van der Waals surface area contributed by atoms with Gasteiger partial charge in [0.1, 0.15) is 5.56 Å². The predicted octanol–water partition coefficient (Wildman–Crippen LogP) is 1.28. The molecule has 1 aromatic carbocycles. The number of carbonyl (C=O) groups is 2. The van der Waals surface area contributed by atoms with Gasteiger partial charge in [0.25, 0.3) is 11.6 Å². The van der Waals surface area contributed by atoms with Crippen LogP contribution in [0.1, 0.15) is 23.7 Å². The number of benzene rings is 1. The lowest BCUT2D eigenvalue weighted by atomic mass is 10.2. The van der Waals surface area contributed by atoms with Crippen LogP contribution in [0.25, 0.3) is 0 Å². The summed E-state index contributed by atoms with van der Waals surface area (Å²) in [5.41, 5.74) is -0.516. The lowest BCUT2D eigenvalue weighted by Crippen LogP contribution is -2.29. The Hall–Kier alpha value is -2.44. The summed E-state index contributed by atoms with van der Waals surface area (Å²) in [4.78, 5) is 32.9. The van der Waals surface area contributed by atoms with Gasteiger partial charge in [-0.25, -0.2) is 4.79 Å². The molecule has 0 heterocycles. The SMILES string of the molecule is CCCNC(=O)COC(=O)c1ccccc1[N+](=O)[O-].